The molecule has 0 atom stereocenters. The molecule has 0 unspecified atom stereocenters. The van der Waals surface area contributed by atoms with E-state index >= 15 is 0 Å². The van der Waals surface area contributed by atoms with Crippen LogP contribution >= 0.6 is 0 Å². The van der Waals surface area contributed by atoms with Crippen LogP contribution in [0.15, 0.2) is 18.2 Å². The van der Waals surface area contributed by atoms with E-state index in [0.29, 0.717) is 13.2 Å². The molecule has 0 saturated carbocycles. The molecule has 0 aliphatic carbocycles. The second-order valence-electron chi connectivity index (χ2n) is 7.92. The van der Waals surface area contributed by atoms with Crippen molar-refractivity contribution in [3.8, 4) is 11.5 Å². The van der Waals surface area contributed by atoms with Crippen LogP contribution in [0.3, 0.4) is 0 Å². The predicted octanol–water partition coefficient (Wildman–Crippen LogP) is 3.65. The summed E-state index contributed by atoms with van der Waals surface area (Å²) in [5.74, 6) is 1.72. The van der Waals surface area contributed by atoms with Gasteiger partial charge in [-0.3, -0.25) is 0 Å². The lowest BCUT2D eigenvalue weighted by Gasteiger charge is -2.22. The number of nitrogens with zero attached hydrogens (tertiary/aromatic N) is 2. The van der Waals surface area contributed by atoms with Gasteiger partial charge in [-0.05, 0) is 64.1 Å². The Hall–Kier alpha value is -1.26. The lowest BCUT2D eigenvalue weighted by atomic mass is 9.87. The Kier molecular flexibility index (Phi) is 8.57. The summed E-state index contributed by atoms with van der Waals surface area (Å²) in [6.45, 7) is 10.1. The van der Waals surface area contributed by atoms with Gasteiger partial charge in [0.15, 0.2) is 11.5 Å². The van der Waals surface area contributed by atoms with Crippen LogP contribution in [0.1, 0.15) is 39.2 Å². The van der Waals surface area contributed by atoms with Crippen molar-refractivity contribution in [2.45, 2.75) is 39.0 Å². The van der Waals surface area contributed by atoms with E-state index in [1.807, 2.05) is 0 Å². The highest BCUT2D eigenvalue weighted by atomic mass is 16.5. The third kappa shape index (κ3) is 8.02. The van der Waals surface area contributed by atoms with Crippen LogP contribution in [-0.2, 0) is 5.41 Å². The summed E-state index contributed by atoms with van der Waals surface area (Å²) in [5, 5.41) is 0. The molecular formula is C20H36N2O2. The molecule has 0 aliphatic heterocycles. The molecule has 0 fully saturated rings. The van der Waals surface area contributed by atoms with Crippen LogP contribution in [-0.4, -0.2) is 64.3 Å². The minimum atomic E-state index is 0.102. The molecule has 0 heterocycles. The maximum atomic E-state index is 6.04. The van der Waals surface area contributed by atoms with Crippen LogP contribution in [0.2, 0.25) is 0 Å². The molecule has 24 heavy (non-hydrogen) atoms. The van der Waals surface area contributed by atoms with E-state index in [1.54, 1.807) is 0 Å². The fourth-order valence-electron chi connectivity index (χ4n) is 2.33. The van der Waals surface area contributed by atoms with Crippen molar-refractivity contribution in [2.75, 3.05) is 54.5 Å². The van der Waals surface area contributed by atoms with Crippen molar-refractivity contribution in [3.63, 3.8) is 0 Å². The molecular weight excluding hydrogens is 300 g/mol. The van der Waals surface area contributed by atoms with Crippen molar-refractivity contribution in [1.29, 1.82) is 0 Å². The Labute approximate surface area is 148 Å². The van der Waals surface area contributed by atoms with E-state index in [4.69, 9.17) is 9.47 Å². The van der Waals surface area contributed by atoms with Crippen LogP contribution < -0.4 is 9.47 Å². The Morgan fingerprint density at radius 3 is 1.75 bits per heavy atom. The second-order valence-corrected chi connectivity index (χ2v) is 7.92. The molecule has 1 aromatic rings. The Bertz CT molecular complexity index is 479. The minimum absolute atomic E-state index is 0.102. The van der Waals surface area contributed by atoms with E-state index in [-0.39, 0.29) is 5.41 Å². The SMILES string of the molecule is CN(C)CCCOc1ccc(C(C)(C)C)cc1OCCCN(C)C. The quantitative estimate of drug-likeness (QED) is 0.609. The van der Waals surface area contributed by atoms with Crippen molar-refractivity contribution in [1.82, 2.24) is 9.80 Å². The van der Waals surface area contributed by atoms with Gasteiger partial charge in [0.1, 0.15) is 0 Å². The molecule has 0 aliphatic rings. The largest absolute Gasteiger partial charge is 0.490 e. The first kappa shape index (κ1) is 20.8. The van der Waals surface area contributed by atoms with Crippen LogP contribution in [0.25, 0.3) is 0 Å². The predicted molar refractivity (Wildman–Crippen MR) is 102 cm³/mol. The molecule has 0 amide bonds. The highest BCUT2D eigenvalue weighted by molar-refractivity contribution is 5.44. The molecule has 4 nitrogen and oxygen atoms in total. The third-order valence-electron chi connectivity index (χ3n) is 3.82. The summed E-state index contributed by atoms with van der Waals surface area (Å²) < 4.78 is 12.0. The first-order valence-corrected chi connectivity index (χ1v) is 8.89. The van der Waals surface area contributed by atoms with Gasteiger partial charge in [0.05, 0.1) is 13.2 Å². The molecule has 0 spiro atoms. The third-order valence-corrected chi connectivity index (χ3v) is 3.82. The van der Waals surface area contributed by atoms with Gasteiger partial charge < -0.3 is 19.3 Å². The van der Waals surface area contributed by atoms with Gasteiger partial charge in [-0.15, -0.1) is 0 Å². The zero-order valence-corrected chi connectivity index (χ0v) is 16.7. The topological polar surface area (TPSA) is 24.9 Å². The number of hydrogen-bond donors (Lipinski definition) is 0. The van der Waals surface area contributed by atoms with Gasteiger partial charge in [0, 0.05) is 13.1 Å². The summed E-state index contributed by atoms with van der Waals surface area (Å²) in [6.07, 6.45) is 2.01. The first-order valence-electron chi connectivity index (χ1n) is 8.89. The average Bonchev–Trinajstić information content (AvgIpc) is 2.47. The lowest BCUT2D eigenvalue weighted by molar-refractivity contribution is 0.244. The number of rotatable bonds is 10. The summed E-state index contributed by atoms with van der Waals surface area (Å²) in [4.78, 5) is 4.35. The van der Waals surface area contributed by atoms with Gasteiger partial charge >= 0.3 is 0 Å². The fraction of sp³-hybridized carbons (Fsp3) is 0.700. The summed E-state index contributed by atoms with van der Waals surface area (Å²) in [6, 6.07) is 6.34. The molecule has 1 aromatic carbocycles. The van der Waals surface area contributed by atoms with Gasteiger partial charge in [0.2, 0.25) is 0 Å². The maximum absolute atomic E-state index is 6.04. The fourth-order valence-corrected chi connectivity index (χ4v) is 2.33. The van der Waals surface area contributed by atoms with Gasteiger partial charge in [-0.2, -0.15) is 0 Å². The second kappa shape index (κ2) is 9.90. The number of benzene rings is 1. The molecule has 1 rings (SSSR count). The van der Waals surface area contributed by atoms with E-state index in [2.05, 4.69) is 77.0 Å². The highest BCUT2D eigenvalue weighted by Crippen LogP contribution is 2.33. The smallest absolute Gasteiger partial charge is 0.161 e. The summed E-state index contributed by atoms with van der Waals surface area (Å²) in [5.41, 5.74) is 1.37. The standard InChI is InChI=1S/C20H36N2O2/c1-20(2,3)17-10-11-18(23-14-8-12-21(4)5)19(16-17)24-15-9-13-22(6)7/h10-11,16H,8-9,12-15H2,1-7H3. The van der Waals surface area contributed by atoms with Crippen LogP contribution in [0.4, 0.5) is 0 Å². The highest BCUT2D eigenvalue weighted by Gasteiger charge is 2.17. The van der Waals surface area contributed by atoms with E-state index < -0.39 is 0 Å². The Balaban J connectivity index is 2.72. The van der Waals surface area contributed by atoms with Gasteiger partial charge in [-0.25, -0.2) is 0 Å². The van der Waals surface area contributed by atoms with E-state index in [0.717, 1.165) is 37.4 Å². The number of hydrogen-bond acceptors (Lipinski definition) is 4. The molecule has 0 saturated heterocycles. The van der Waals surface area contributed by atoms with Crippen LogP contribution in [0.5, 0.6) is 11.5 Å². The monoisotopic (exact) mass is 336 g/mol. The van der Waals surface area contributed by atoms with Gasteiger partial charge in [-0.1, -0.05) is 26.8 Å². The lowest BCUT2D eigenvalue weighted by Crippen LogP contribution is -2.17. The molecule has 4 heteroatoms. The maximum Gasteiger partial charge on any atom is 0.161 e. The van der Waals surface area contributed by atoms with Crippen LogP contribution in [0, 0.1) is 0 Å². The number of ether oxygens (including phenoxy) is 2. The minimum Gasteiger partial charge on any atom is -0.490 e. The molecule has 0 aromatic heterocycles. The molecule has 138 valence electrons. The van der Waals surface area contributed by atoms with Crippen molar-refractivity contribution in [2.24, 2.45) is 0 Å². The normalized spacial score (nSPS) is 12.0. The van der Waals surface area contributed by atoms with Gasteiger partial charge in [0.25, 0.3) is 0 Å². The summed E-state index contributed by atoms with van der Waals surface area (Å²) in [7, 11) is 8.33. The zero-order valence-electron chi connectivity index (χ0n) is 16.7. The average molecular weight is 337 g/mol. The van der Waals surface area contributed by atoms with Crippen molar-refractivity contribution in [3.05, 3.63) is 23.8 Å². The molecule has 0 N–H and O–H groups in total. The van der Waals surface area contributed by atoms with E-state index in [9.17, 15) is 0 Å². The van der Waals surface area contributed by atoms with Crippen molar-refractivity contribution < 1.29 is 9.47 Å². The molecule has 0 radical (unpaired) electrons. The van der Waals surface area contributed by atoms with E-state index in [1.165, 1.54) is 5.56 Å². The zero-order chi connectivity index (χ0) is 18.2. The van der Waals surface area contributed by atoms with Crippen molar-refractivity contribution >= 4 is 0 Å². The Morgan fingerprint density at radius 1 is 0.792 bits per heavy atom. The summed E-state index contributed by atoms with van der Waals surface area (Å²) >= 11 is 0. The Morgan fingerprint density at radius 2 is 1.29 bits per heavy atom. The first-order chi connectivity index (χ1) is 11.2. The molecule has 0 bridgehead atoms.